The Morgan fingerprint density at radius 3 is 2.24 bits per heavy atom. The van der Waals surface area contributed by atoms with Crippen LogP contribution >= 0.6 is 0 Å². The van der Waals surface area contributed by atoms with Gasteiger partial charge in [0.15, 0.2) is 11.3 Å². The lowest BCUT2D eigenvalue weighted by Gasteiger charge is -2.35. The number of benzene rings is 3. The second-order valence-corrected chi connectivity index (χ2v) is 11.1. The van der Waals surface area contributed by atoms with Crippen LogP contribution in [0.25, 0.3) is 10.8 Å². The smallest absolute Gasteiger partial charge is 0.250 e. The average Bonchev–Trinajstić information content (AvgIpc) is 2.91. The zero-order valence-corrected chi connectivity index (χ0v) is 21.3. The molecule has 10 heteroatoms. The van der Waals surface area contributed by atoms with Gasteiger partial charge >= 0.3 is 0 Å². The number of likely N-dealkylation sites (tertiary alicyclic amines) is 1. The highest BCUT2D eigenvalue weighted by Gasteiger charge is 2.44. The number of hydrogen-bond donors (Lipinski definition) is 4. The maximum Gasteiger partial charge on any atom is 0.250 e. The lowest BCUT2D eigenvalue weighted by molar-refractivity contribution is -0.143. The molecule has 0 radical (unpaired) electrons. The molecule has 1 amide bonds. The van der Waals surface area contributed by atoms with Crippen LogP contribution in [0.15, 0.2) is 71.6 Å². The van der Waals surface area contributed by atoms with Crippen LogP contribution in [0.5, 0.6) is 0 Å². The molecule has 1 aliphatic heterocycles. The Labute approximate surface area is 216 Å². The number of nitrogens with two attached hydrogens (primary N) is 2. The highest BCUT2D eigenvalue weighted by atomic mass is 32.2. The van der Waals surface area contributed by atoms with E-state index in [4.69, 9.17) is 16.9 Å². The highest BCUT2D eigenvalue weighted by molar-refractivity contribution is 7.89. The van der Waals surface area contributed by atoms with Crippen LogP contribution in [0, 0.1) is 5.41 Å². The van der Waals surface area contributed by atoms with E-state index in [2.05, 4.69) is 4.72 Å². The third-order valence-electron chi connectivity index (χ3n) is 6.72. The van der Waals surface area contributed by atoms with Crippen LogP contribution in [-0.2, 0) is 26.0 Å². The number of piperidine rings is 1. The quantitative estimate of drug-likeness (QED) is 0.191. The number of sulfonamides is 1. The van der Waals surface area contributed by atoms with Crippen LogP contribution in [0.3, 0.4) is 0 Å². The third-order valence-corrected chi connectivity index (χ3v) is 8.12. The van der Waals surface area contributed by atoms with Crippen molar-refractivity contribution in [2.75, 3.05) is 19.6 Å². The molecule has 0 aromatic heterocycles. The SMILES string of the molecule is N=C(N)c1ccc(C[C@@](N)(C(=O)CNS(=O)(=O)c2ccc3ccccc3c2)C(=O)N2CCCCC2)cc1. The number of Topliss-reactive ketones (excluding diaryl/α,β-unsaturated/α-hetero) is 1. The molecule has 0 bridgehead atoms. The first kappa shape index (κ1) is 26.5. The molecule has 194 valence electrons. The first-order chi connectivity index (χ1) is 17.6. The maximum absolute atomic E-state index is 13.5. The minimum atomic E-state index is -4.03. The van der Waals surface area contributed by atoms with Gasteiger partial charge in [-0.15, -0.1) is 0 Å². The maximum atomic E-state index is 13.5. The predicted molar refractivity (Wildman–Crippen MR) is 143 cm³/mol. The number of nitrogens with one attached hydrogen (secondary N) is 2. The second kappa shape index (κ2) is 10.8. The molecule has 3 aromatic rings. The normalized spacial score (nSPS) is 15.8. The molecular formula is C27H31N5O4S. The van der Waals surface area contributed by atoms with Gasteiger partial charge in [0.25, 0.3) is 5.91 Å². The molecule has 1 saturated heterocycles. The molecule has 6 N–H and O–H groups in total. The van der Waals surface area contributed by atoms with E-state index >= 15 is 0 Å². The van der Waals surface area contributed by atoms with Gasteiger partial charge in [-0.25, -0.2) is 13.1 Å². The van der Waals surface area contributed by atoms with Gasteiger partial charge in [0.2, 0.25) is 10.0 Å². The lowest BCUT2D eigenvalue weighted by Crippen LogP contribution is -2.64. The van der Waals surface area contributed by atoms with Crippen LogP contribution in [0.1, 0.15) is 30.4 Å². The second-order valence-electron chi connectivity index (χ2n) is 9.37. The molecule has 0 saturated carbocycles. The highest BCUT2D eigenvalue weighted by Crippen LogP contribution is 2.21. The van der Waals surface area contributed by atoms with Crippen molar-refractivity contribution in [3.8, 4) is 0 Å². The Morgan fingerprint density at radius 1 is 0.946 bits per heavy atom. The Morgan fingerprint density at radius 2 is 1.59 bits per heavy atom. The van der Waals surface area contributed by atoms with E-state index in [0.29, 0.717) is 24.2 Å². The summed E-state index contributed by atoms with van der Waals surface area (Å²) in [7, 11) is -4.03. The van der Waals surface area contributed by atoms with Gasteiger partial charge in [-0.2, -0.15) is 0 Å². The number of fused-ring (bicyclic) bond motifs is 1. The lowest BCUT2D eigenvalue weighted by atomic mass is 9.85. The summed E-state index contributed by atoms with van der Waals surface area (Å²) in [5.41, 5.74) is 11.2. The first-order valence-corrected chi connectivity index (χ1v) is 13.6. The van der Waals surface area contributed by atoms with Crippen LogP contribution in [0.4, 0.5) is 0 Å². The summed E-state index contributed by atoms with van der Waals surface area (Å²) in [6.45, 7) is 0.366. The molecule has 0 aliphatic carbocycles. The number of rotatable bonds is 9. The molecule has 1 aliphatic rings. The number of amidine groups is 1. The van der Waals surface area contributed by atoms with Gasteiger partial charge < -0.3 is 16.4 Å². The summed E-state index contributed by atoms with van der Waals surface area (Å²) in [5, 5.41) is 9.20. The Kier molecular flexibility index (Phi) is 7.72. The fourth-order valence-electron chi connectivity index (χ4n) is 4.53. The summed E-state index contributed by atoms with van der Waals surface area (Å²) in [6.07, 6.45) is 2.51. The predicted octanol–water partition coefficient (Wildman–Crippen LogP) is 1.92. The largest absolute Gasteiger partial charge is 0.384 e. The zero-order valence-electron chi connectivity index (χ0n) is 20.4. The van der Waals surface area contributed by atoms with Crippen molar-refractivity contribution < 1.29 is 18.0 Å². The molecule has 37 heavy (non-hydrogen) atoms. The van der Waals surface area contributed by atoms with Gasteiger partial charge in [0.1, 0.15) is 5.84 Å². The van der Waals surface area contributed by atoms with E-state index in [1.165, 1.54) is 12.1 Å². The minimum absolute atomic E-state index is 0.0174. The molecule has 0 unspecified atom stereocenters. The first-order valence-electron chi connectivity index (χ1n) is 12.1. The molecule has 9 nitrogen and oxygen atoms in total. The van der Waals surface area contributed by atoms with Crippen molar-refractivity contribution in [2.24, 2.45) is 11.5 Å². The summed E-state index contributed by atoms with van der Waals surface area (Å²) in [6, 6.07) is 18.6. The fourth-order valence-corrected chi connectivity index (χ4v) is 5.55. The van der Waals surface area contributed by atoms with Crippen LogP contribution in [-0.4, -0.2) is 56.0 Å². The molecule has 3 aromatic carbocycles. The third kappa shape index (κ3) is 5.87. The van der Waals surface area contributed by atoms with Crippen LogP contribution in [0.2, 0.25) is 0 Å². The number of nitrogen functional groups attached to an aromatic ring is 1. The van der Waals surface area contributed by atoms with Crippen molar-refractivity contribution in [2.45, 2.75) is 36.1 Å². The van der Waals surface area contributed by atoms with Crippen molar-refractivity contribution in [3.63, 3.8) is 0 Å². The number of carbonyl (C=O) groups excluding carboxylic acids is 2. The fraction of sp³-hybridized carbons (Fsp3) is 0.296. The van der Waals surface area contributed by atoms with Crippen molar-refractivity contribution >= 4 is 38.3 Å². The van der Waals surface area contributed by atoms with Gasteiger partial charge in [-0.1, -0.05) is 54.6 Å². The molecular weight excluding hydrogens is 490 g/mol. The Hall–Kier alpha value is -3.60. The van der Waals surface area contributed by atoms with E-state index in [-0.39, 0.29) is 17.2 Å². The monoisotopic (exact) mass is 521 g/mol. The van der Waals surface area contributed by atoms with E-state index in [0.717, 1.165) is 30.0 Å². The van der Waals surface area contributed by atoms with Crippen molar-refractivity contribution in [1.29, 1.82) is 5.41 Å². The van der Waals surface area contributed by atoms with E-state index in [9.17, 15) is 18.0 Å². The molecule has 1 heterocycles. The Balaban J connectivity index is 1.57. The summed E-state index contributed by atoms with van der Waals surface area (Å²) >= 11 is 0. The Bertz CT molecular complexity index is 1430. The standard InChI is InChI=1S/C27H31N5O4S/c28-25(29)21-10-8-19(9-11-21)17-27(30,26(34)32-14-4-1-5-15-32)24(33)18-31-37(35,36)23-13-12-20-6-2-3-7-22(20)16-23/h2-3,6-13,16,31H,1,4-5,14-15,17-18,30H2,(H3,28,29)/t27-/m1/s1. The summed E-state index contributed by atoms with van der Waals surface area (Å²) in [5.74, 6) is -1.34. The summed E-state index contributed by atoms with van der Waals surface area (Å²) in [4.78, 5) is 28.6. The van der Waals surface area contributed by atoms with Gasteiger partial charge in [0.05, 0.1) is 11.4 Å². The molecule has 4 rings (SSSR count). The molecule has 0 spiro atoms. The van der Waals surface area contributed by atoms with E-state index < -0.39 is 33.8 Å². The number of hydrogen-bond acceptors (Lipinski definition) is 6. The van der Waals surface area contributed by atoms with Crippen molar-refractivity contribution in [3.05, 3.63) is 77.9 Å². The number of carbonyl (C=O) groups is 2. The zero-order chi connectivity index (χ0) is 26.6. The minimum Gasteiger partial charge on any atom is -0.384 e. The number of nitrogens with zero attached hydrogens (tertiary/aromatic N) is 1. The van der Waals surface area contributed by atoms with Gasteiger partial charge in [-0.3, -0.25) is 15.0 Å². The molecule has 1 atom stereocenters. The average molecular weight is 522 g/mol. The molecule has 1 fully saturated rings. The number of amides is 1. The van der Waals surface area contributed by atoms with E-state index in [1.54, 1.807) is 41.3 Å². The topological polar surface area (TPSA) is 159 Å². The van der Waals surface area contributed by atoms with Gasteiger partial charge in [-0.05, 0) is 47.7 Å². The van der Waals surface area contributed by atoms with E-state index in [1.807, 2.05) is 18.2 Å². The van der Waals surface area contributed by atoms with Crippen molar-refractivity contribution in [1.82, 2.24) is 9.62 Å². The van der Waals surface area contributed by atoms with Crippen LogP contribution < -0.4 is 16.2 Å². The van der Waals surface area contributed by atoms with Gasteiger partial charge in [0, 0.05) is 25.1 Å². The number of ketones is 1. The summed E-state index contributed by atoms with van der Waals surface area (Å²) < 4.78 is 28.4.